The van der Waals surface area contributed by atoms with Gasteiger partial charge in [0.2, 0.25) is 0 Å². The van der Waals surface area contributed by atoms with E-state index in [9.17, 15) is 0 Å². The van der Waals surface area contributed by atoms with E-state index in [1.54, 1.807) is 0 Å². The van der Waals surface area contributed by atoms with Gasteiger partial charge in [0.1, 0.15) is 0 Å². The fourth-order valence-corrected chi connectivity index (χ4v) is 1.19. The van der Waals surface area contributed by atoms with Crippen molar-refractivity contribution in [3.8, 4) is 0 Å². The summed E-state index contributed by atoms with van der Waals surface area (Å²) < 4.78 is 0. The van der Waals surface area contributed by atoms with E-state index in [4.69, 9.17) is 0 Å². The summed E-state index contributed by atoms with van der Waals surface area (Å²) in [6.07, 6.45) is 6.18. The van der Waals surface area contributed by atoms with Crippen molar-refractivity contribution in [2.45, 2.75) is 26.2 Å². The fourth-order valence-electron chi connectivity index (χ4n) is 1.19. The minimum Gasteiger partial charge on any atom is -0.392 e. The predicted molar refractivity (Wildman–Crippen MR) is 40.2 cm³/mol. The van der Waals surface area contributed by atoms with E-state index < -0.39 is 0 Å². The van der Waals surface area contributed by atoms with Crippen LogP contribution in [-0.4, -0.2) is 7.05 Å². The summed E-state index contributed by atoms with van der Waals surface area (Å²) in [5.41, 5.74) is 1.42. The van der Waals surface area contributed by atoms with Gasteiger partial charge in [-0.25, -0.2) is 0 Å². The molecule has 1 aliphatic carbocycles. The number of allylic oxidation sites excluding steroid dienone is 2. The third-order valence-electron chi connectivity index (χ3n) is 1.99. The molecule has 1 heteroatoms. The normalized spacial score (nSPS) is 27.3. The van der Waals surface area contributed by atoms with Gasteiger partial charge in [-0.05, 0) is 25.2 Å². The molecule has 1 N–H and O–H groups in total. The molecular weight excluding hydrogens is 110 g/mol. The van der Waals surface area contributed by atoms with Crippen LogP contribution in [0.5, 0.6) is 0 Å². The van der Waals surface area contributed by atoms with Crippen molar-refractivity contribution in [2.75, 3.05) is 7.05 Å². The van der Waals surface area contributed by atoms with E-state index in [1.807, 2.05) is 7.05 Å². The molecule has 0 heterocycles. The highest BCUT2D eigenvalue weighted by molar-refractivity contribution is 5.02. The maximum absolute atomic E-state index is 3.19. The average molecular weight is 125 g/mol. The molecule has 0 aromatic heterocycles. The molecular formula is C8H15N. The van der Waals surface area contributed by atoms with Crippen LogP contribution in [0.4, 0.5) is 0 Å². The van der Waals surface area contributed by atoms with Gasteiger partial charge in [0, 0.05) is 12.7 Å². The lowest BCUT2D eigenvalue weighted by Gasteiger charge is -2.17. The van der Waals surface area contributed by atoms with Crippen molar-refractivity contribution in [3.05, 3.63) is 11.8 Å². The first-order valence-corrected chi connectivity index (χ1v) is 3.69. The SMILES string of the molecule is CNC1=CCC(C)CC1. The Morgan fingerprint density at radius 1 is 1.67 bits per heavy atom. The highest BCUT2D eigenvalue weighted by Crippen LogP contribution is 2.20. The number of hydrogen-bond acceptors (Lipinski definition) is 1. The lowest BCUT2D eigenvalue weighted by Crippen LogP contribution is -2.11. The quantitative estimate of drug-likeness (QED) is 0.564. The zero-order valence-corrected chi connectivity index (χ0v) is 6.28. The van der Waals surface area contributed by atoms with Gasteiger partial charge in [-0.3, -0.25) is 0 Å². The molecule has 0 aliphatic heterocycles. The van der Waals surface area contributed by atoms with Crippen LogP contribution in [-0.2, 0) is 0 Å². The van der Waals surface area contributed by atoms with E-state index >= 15 is 0 Å². The summed E-state index contributed by atoms with van der Waals surface area (Å²) in [6.45, 7) is 2.31. The fraction of sp³-hybridized carbons (Fsp3) is 0.750. The summed E-state index contributed by atoms with van der Waals surface area (Å²) >= 11 is 0. The Morgan fingerprint density at radius 2 is 2.44 bits per heavy atom. The van der Waals surface area contributed by atoms with Gasteiger partial charge >= 0.3 is 0 Å². The Balaban J connectivity index is 2.40. The molecule has 1 nitrogen and oxygen atoms in total. The second kappa shape index (κ2) is 2.90. The first-order valence-electron chi connectivity index (χ1n) is 3.69. The summed E-state index contributed by atoms with van der Waals surface area (Å²) in [5.74, 6) is 0.905. The summed E-state index contributed by atoms with van der Waals surface area (Å²) in [5, 5.41) is 3.19. The van der Waals surface area contributed by atoms with Crippen LogP contribution in [0.3, 0.4) is 0 Å². The topological polar surface area (TPSA) is 12.0 Å². The maximum atomic E-state index is 3.19. The molecule has 0 aromatic rings. The third kappa shape index (κ3) is 1.74. The van der Waals surface area contributed by atoms with Gasteiger partial charge in [0.05, 0.1) is 0 Å². The van der Waals surface area contributed by atoms with Gasteiger partial charge in [-0.1, -0.05) is 13.0 Å². The number of hydrogen-bond donors (Lipinski definition) is 1. The van der Waals surface area contributed by atoms with Crippen molar-refractivity contribution in [1.29, 1.82) is 0 Å². The first-order chi connectivity index (χ1) is 4.33. The van der Waals surface area contributed by atoms with Crippen LogP contribution in [0.1, 0.15) is 26.2 Å². The molecule has 1 rings (SSSR count). The van der Waals surface area contributed by atoms with E-state index in [2.05, 4.69) is 18.3 Å². The Bertz CT molecular complexity index is 116. The molecule has 1 aliphatic rings. The molecule has 0 aromatic carbocycles. The van der Waals surface area contributed by atoms with E-state index in [0.717, 1.165) is 5.92 Å². The van der Waals surface area contributed by atoms with Crippen LogP contribution in [0.2, 0.25) is 0 Å². The van der Waals surface area contributed by atoms with Crippen LogP contribution in [0.25, 0.3) is 0 Å². The average Bonchev–Trinajstić information content (AvgIpc) is 1.90. The molecule has 0 radical (unpaired) electrons. The van der Waals surface area contributed by atoms with Crippen molar-refractivity contribution >= 4 is 0 Å². The number of nitrogens with one attached hydrogen (secondary N) is 1. The summed E-state index contributed by atoms with van der Waals surface area (Å²) in [4.78, 5) is 0. The minimum atomic E-state index is 0.905. The molecule has 0 bridgehead atoms. The largest absolute Gasteiger partial charge is 0.392 e. The Labute approximate surface area is 57.1 Å². The van der Waals surface area contributed by atoms with Crippen LogP contribution in [0.15, 0.2) is 11.8 Å². The highest BCUT2D eigenvalue weighted by Gasteiger charge is 2.07. The Morgan fingerprint density at radius 3 is 2.89 bits per heavy atom. The van der Waals surface area contributed by atoms with Gasteiger partial charge in [0.25, 0.3) is 0 Å². The van der Waals surface area contributed by atoms with Crippen LogP contribution >= 0.6 is 0 Å². The van der Waals surface area contributed by atoms with Crippen molar-refractivity contribution in [3.63, 3.8) is 0 Å². The van der Waals surface area contributed by atoms with Crippen molar-refractivity contribution < 1.29 is 0 Å². The third-order valence-corrected chi connectivity index (χ3v) is 1.99. The second-order valence-corrected chi connectivity index (χ2v) is 2.86. The molecule has 0 amide bonds. The highest BCUT2D eigenvalue weighted by atomic mass is 14.8. The molecule has 0 spiro atoms. The molecule has 0 saturated carbocycles. The van der Waals surface area contributed by atoms with E-state index in [0.29, 0.717) is 0 Å². The van der Waals surface area contributed by atoms with E-state index in [-0.39, 0.29) is 0 Å². The predicted octanol–water partition coefficient (Wildman–Crippen LogP) is 1.91. The van der Waals surface area contributed by atoms with Gasteiger partial charge in [-0.15, -0.1) is 0 Å². The Kier molecular flexibility index (Phi) is 2.15. The standard InChI is InChI=1S/C8H15N/c1-7-3-5-8(9-2)6-4-7/h5,7,9H,3-4,6H2,1-2H3. The first kappa shape index (κ1) is 6.66. The van der Waals surface area contributed by atoms with Gasteiger partial charge in [0.15, 0.2) is 0 Å². The molecule has 0 saturated heterocycles. The van der Waals surface area contributed by atoms with Crippen LogP contribution in [0, 0.1) is 5.92 Å². The zero-order chi connectivity index (χ0) is 6.69. The molecule has 1 atom stereocenters. The van der Waals surface area contributed by atoms with Crippen molar-refractivity contribution in [1.82, 2.24) is 5.32 Å². The smallest absolute Gasteiger partial charge is 0.00637 e. The monoisotopic (exact) mass is 125 g/mol. The molecule has 52 valence electrons. The zero-order valence-electron chi connectivity index (χ0n) is 6.28. The maximum Gasteiger partial charge on any atom is 0.00637 e. The Hall–Kier alpha value is -0.460. The minimum absolute atomic E-state index is 0.905. The van der Waals surface area contributed by atoms with Crippen molar-refractivity contribution in [2.24, 2.45) is 5.92 Å². The summed E-state index contributed by atoms with van der Waals surface area (Å²) in [7, 11) is 2.00. The van der Waals surface area contributed by atoms with Gasteiger partial charge in [-0.2, -0.15) is 0 Å². The summed E-state index contributed by atoms with van der Waals surface area (Å²) in [6, 6.07) is 0. The number of rotatable bonds is 1. The lowest BCUT2D eigenvalue weighted by molar-refractivity contribution is 0.502. The molecule has 1 unspecified atom stereocenters. The second-order valence-electron chi connectivity index (χ2n) is 2.86. The van der Waals surface area contributed by atoms with E-state index in [1.165, 1.54) is 25.0 Å². The molecule has 0 fully saturated rings. The van der Waals surface area contributed by atoms with Gasteiger partial charge < -0.3 is 5.32 Å². The molecule has 9 heavy (non-hydrogen) atoms. The lowest BCUT2D eigenvalue weighted by atomic mass is 9.94. The van der Waals surface area contributed by atoms with Crippen LogP contribution < -0.4 is 5.32 Å².